The minimum absolute atomic E-state index is 0. The van der Waals surface area contributed by atoms with Gasteiger partial charge in [0, 0.05) is 38.6 Å². The number of rotatable bonds is 5. The lowest BCUT2D eigenvalue weighted by Gasteiger charge is -2.33. The molecule has 2 N–H and O–H groups in total. The number of hydrogen-bond donors (Lipinski definition) is 2. The van der Waals surface area contributed by atoms with Crippen molar-refractivity contribution in [2.75, 3.05) is 32.7 Å². The summed E-state index contributed by atoms with van der Waals surface area (Å²) < 4.78 is 13.3. The highest BCUT2D eigenvalue weighted by Gasteiger charge is 2.26. The van der Waals surface area contributed by atoms with Gasteiger partial charge in [0.05, 0.1) is 5.92 Å². The van der Waals surface area contributed by atoms with Crippen LogP contribution < -0.4 is 10.6 Å². The predicted molar refractivity (Wildman–Crippen MR) is 98.3 cm³/mol. The maximum Gasteiger partial charge on any atom is 0.224 e. The zero-order valence-corrected chi connectivity index (χ0v) is 15.3. The lowest BCUT2D eigenvalue weighted by molar-refractivity contribution is -0.127. The molecule has 1 amide bonds. The molecule has 1 aromatic carbocycles. The zero-order chi connectivity index (χ0) is 15.4. The second-order valence-corrected chi connectivity index (χ2v) is 6.47. The number of piperidine rings is 1. The first-order valence-corrected chi connectivity index (χ1v) is 8.16. The Balaban J connectivity index is 0.00000144. The van der Waals surface area contributed by atoms with Gasteiger partial charge in [-0.05, 0) is 37.1 Å². The highest BCUT2D eigenvalue weighted by Crippen LogP contribution is 2.19. The van der Waals surface area contributed by atoms with E-state index < -0.39 is 0 Å². The predicted octanol–water partition coefficient (Wildman–Crippen LogP) is 2.22. The highest BCUT2D eigenvalue weighted by atomic mass is 35.5. The van der Waals surface area contributed by atoms with Gasteiger partial charge >= 0.3 is 0 Å². The minimum Gasteiger partial charge on any atom is -0.355 e. The third-order valence-electron chi connectivity index (χ3n) is 4.60. The van der Waals surface area contributed by atoms with Gasteiger partial charge in [-0.1, -0.05) is 12.1 Å². The Morgan fingerprint density at radius 2 is 2.12 bits per heavy atom. The summed E-state index contributed by atoms with van der Waals surface area (Å²) in [6.07, 6.45) is 1.98. The first kappa shape index (κ1) is 21.2. The van der Waals surface area contributed by atoms with Crippen LogP contribution >= 0.6 is 24.8 Å². The third kappa shape index (κ3) is 5.88. The van der Waals surface area contributed by atoms with Crippen molar-refractivity contribution < 1.29 is 9.18 Å². The van der Waals surface area contributed by atoms with E-state index in [4.69, 9.17) is 0 Å². The summed E-state index contributed by atoms with van der Waals surface area (Å²) in [7, 11) is 0. The molecule has 0 bridgehead atoms. The van der Waals surface area contributed by atoms with Crippen LogP contribution in [0.2, 0.25) is 0 Å². The minimum atomic E-state index is -0.196. The summed E-state index contributed by atoms with van der Waals surface area (Å²) in [5, 5.41) is 6.30. The van der Waals surface area contributed by atoms with Crippen LogP contribution in [0, 0.1) is 17.7 Å². The molecule has 2 aliphatic rings. The molecule has 1 unspecified atom stereocenters. The van der Waals surface area contributed by atoms with E-state index in [1.165, 1.54) is 6.07 Å². The van der Waals surface area contributed by atoms with Crippen molar-refractivity contribution in [3.8, 4) is 0 Å². The second kappa shape index (κ2) is 10.2. The smallest absolute Gasteiger partial charge is 0.224 e. The van der Waals surface area contributed by atoms with E-state index in [0.717, 1.165) is 51.1 Å². The summed E-state index contributed by atoms with van der Waals surface area (Å²) in [6, 6.07) is 6.72. The number of carbonyl (C=O) groups excluding carboxylic acids is 1. The number of amides is 1. The van der Waals surface area contributed by atoms with Crippen LogP contribution in [0.4, 0.5) is 4.39 Å². The molecule has 4 nitrogen and oxygen atoms in total. The molecule has 3 rings (SSSR count). The molecule has 2 aliphatic heterocycles. The van der Waals surface area contributed by atoms with E-state index in [2.05, 4.69) is 15.5 Å². The lowest BCUT2D eigenvalue weighted by Crippen LogP contribution is -2.50. The van der Waals surface area contributed by atoms with E-state index in [1.807, 2.05) is 6.07 Å². The Labute approximate surface area is 155 Å². The van der Waals surface area contributed by atoms with E-state index in [1.54, 1.807) is 12.1 Å². The summed E-state index contributed by atoms with van der Waals surface area (Å²) in [6.45, 7) is 5.27. The van der Waals surface area contributed by atoms with Crippen molar-refractivity contribution in [1.82, 2.24) is 15.5 Å². The molecule has 7 heteroatoms. The van der Waals surface area contributed by atoms with Gasteiger partial charge in [0.25, 0.3) is 0 Å². The van der Waals surface area contributed by atoms with Gasteiger partial charge < -0.3 is 10.6 Å². The normalized spacial score (nSPS) is 21.1. The van der Waals surface area contributed by atoms with Crippen LogP contribution in [-0.4, -0.2) is 43.5 Å². The summed E-state index contributed by atoms with van der Waals surface area (Å²) in [5.41, 5.74) is 0.974. The Bertz CT molecular complexity index is 528. The summed E-state index contributed by atoms with van der Waals surface area (Å²) in [5.74, 6) is 0.639. The molecular weight excluding hydrogens is 352 g/mol. The van der Waals surface area contributed by atoms with Crippen molar-refractivity contribution >= 4 is 30.7 Å². The number of hydrogen-bond acceptors (Lipinski definition) is 3. The fourth-order valence-electron chi connectivity index (χ4n) is 3.19. The molecule has 2 fully saturated rings. The fraction of sp³-hybridized carbons (Fsp3) is 0.588. The SMILES string of the molecule is Cl.Cl.O=C(NCC1CNC1)C1CCCN(Cc2cccc(F)c2)C1. The lowest BCUT2D eigenvalue weighted by atomic mass is 9.96. The van der Waals surface area contributed by atoms with Gasteiger partial charge in [-0.3, -0.25) is 9.69 Å². The highest BCUT2D eigenvalue weighted by molar-refractivity contribution is 5.85. The molecule has 136 valence electrons. The van der Waals surface area contributed by atoms with Gasteiger partial charge in [0.1, 0.15) is 5.82 Å². The van der Waals surface area contributed by atoms with Crippen LogP contribution in [0.5, 0.6) is 0 Å². The molecule has 0 saturated carbocycles. The van der Waals surface area contributed by atoms with Crippen LogP contribution in [0.3, 0.4) is 0 Å². The molecule has 2 heterocycles. The topological polar surface area (TPSA) is 44.4 Å². The van der Waals surface area contributed by atoms with E-state index >= 15 is 0 Å². The van der Waals surface area contributed by atoms with Gasteiger partial charge in [0.15, 0.2) is 0 Å². The third-order valence-corrected chi connectivity index (χ3v) is 4.60. The van der Waals surface area contributed by atoms with Crippen molar-refractivity contribution in [2.24, 2.45) is 11.8 Å². The van der Waals surface area contributed by atoms with Crippen LogP contribution in [-0.2, 0) is 11.3 Å². The van der Waals surface area contributed by atoms with Crippen molar-refractivity contribution in [2.45, 2.75) is 19.4 Å². The first-order chi connectivity index (χ1) is 10.7. The Hall–Kier alpha value is -0.880. The number of carbonyl (C=O) groups is 1. The molecule has 0 spiro atoms. The number of nitrogens with one attached hydrogen (secondary N) is 2. The van der Waals surface area contributed by atoms with Crippen molar-refractivity contribution in [3.05, 3.63) is 35.6 Å². The molecule has 1 aromatic rings. The van der Waals surface area contributed by atoms with Gasteiger partial charge in [-0.2, -0.15) is 0 Å². The van der Waals surface area contributed by atoms with E-state index in [0.29, 0.717) is 12.5 Å². The number of benzene rings is 1. The average Bonchev–Trinajstić information content (AvgIpc) is 2.46. The van der Waals surface area contributed by atoms with Crippen LogP contribution in [0.1, 0.15) is 18.4 Å². The Morgan fingerprint density at radius 1 is 1.33 bits per heavy atom. The van der Waals surface area contributed by atoms with E-state index in [9.17, 15) is 9.18 Å². The first-order valence-electron chi connectivity index (χ1n) is 8.16. The molecule has 24 heavy (non-hydrogen) atoms. The number of halogens is 3. The van der Waals surface area contributed by atoms with Gasteiger partial charge in [-0.25, -0.2) is 4.39 Å². The fourth-order valence-corrected chi connectivity index (χ4v) is 3.19. The average molecular weight is 378 g/mol. The monoisotopic (exact) mass is 377 g/mol. The standard InChI is InChI=1S/C17H24FN3O.2ClH/c18-16-5-1-3-13(7-16)11-21-6-2-4-15(12-21)17(22)20-10-14-8-19-9-14;;/h1,3,5,7,14-15,19H,2,4,6,8-12H2,(H,20,22);2*1H. The van der Waals surface area contributed by atoms with E-state index in [-0.39, 0.29) is 42.5 Å². The Kier molecular flexibility index (Phi) is 8.98. The maximum atomic E-state index is 13.3. The quantitative estimate of drug-likeness (QED) is 0.826. The Morgan fingerprint density at radius 3 is 2.79 bits per heavy atom. The summed E-state index contributed by atoms with van der Waals surface area (Å²) in [4.78, 5) is 14.5. The molecule has 0 radical (unpaired) electrons. The van der Waals surface area contributed by atoms with Gasteiger partial charge in [0.2, 0.25) is 5.91 Å². The second-order valence-electron chi connectivity index (χ2n) is 6.47. The van der Waals surface area contributed by atoms with Crippen LogP contribution in [0.15, 0.2) is 24.3 Å². The maximum absolute atomic E-state index is 13.3. The largest absolute Gasteiger partial charge is 0.355 e. The zero-order valence-electron chi connectivity index (χ0n) is 13.7. The summed E-state index contributed by atoms with van der Waals surface area (Å²) >= 11 is 0. The van der Waals surface area contributed by atoms with Crippen molar-refractivity contribution in [3.63, 3.8) is 0 Å². The molecular formula is C17H26Cl2FN3O. The number of nitrogens with zero attached hydrogens (tertiary/aromatic N) is 1. The van der Waals surface area contributed by atoms with Crippen LogP contribution in [0.25, 0.3) is 0 Å². The molecule has 2 saturated heterocycles. The van der Waals surface area contributed by atoms with Gasteiger partial charge in [-0.15, -0.1) is 24.8 Å². The van der Waals surface area contributed by atoms with Crippen molar-refractivity contribution in [1.29, 1.82) is 0 Å². The molecule has 1 atom stereocenters. The molecule has 0 aliphatic carbocycles. The molecule has 0 aromatic heterocycles. The number of likely N-dealkylation sites (tertiary alicyclic amines) is 1.